The van der Waals surface area contributed by atoms with E-state index in [1.807, 2.05) is 0 Å². The van der Waals surface area contributed by atoms with E-state index >= 15 is 0 Å². The molecule has 5 nitrogen and oxygen atoms in total. The second kappa shape index (κ2) is 5.89. The van der Waals surface area contributed by atoms with Gasteiger partial charge in [0.05, 0.1) is 11.7 Å². The van der Waals surface area contributed by atoms with Gasteiger partial charge in [0.1, 0.15) is 23.8 Å². The monoisotopic (exact) mass is 297 g/mol. The number of rotatable bonds is 2. The van der Waals surface area contributed by atoms with Crippen molar-refractivity contribution in [3.8, 4) is 5.75 Å². The molecule has 1 aliphatic rings. The summed E-state index contributed by atoms with van der Waals surface area (Å²) in [4.78, 5) is 13.8. The first-order valence-corrected chi connectivity index (χ1v) is 6.87. The average Bonchev–Trinajstić information content (AvgIpc) is 2.36. The largest absolute Gasteiger partial charge is 0.489 e. The van der Waals surface area contributed by atoms with Gasteiger partial charge in [0.2, 0.25) is 0 Å². The summed E-state index contributed by atoms with van der Waals surface area (Å²) >= 11 is 0. The predicted molar refractivity (Wildman–Crippen MR) is 76.1 cm³/mol. The van der Waals surface area contributed by atoms with Gasteiger partial charge >= 0.3 is 6.09 Å². The van der Waals surface area contributed by atoms with Gasteiger partial charge in [-0.2, -0.15) is 0 Å². The molecule has 0 unspecified atom stereocenters. The highest BCUT2D eigenvalue weighted by Crippen LogP contribution is 2.36. The molecule has 1 heterocycles. The minimum absolute atomic E-state index is 0.0795. The second-order valence-corrected chi connectivity index (χ2v) is 5.94. The van der Waals surface area contributed by atoms with Crippen LogP contribution in [0.4, 0.5) is 14.9 Å². The summed E-state index contributed by atoms with van der Waals surface area (Å²) in [6.45, 7) is 5.44. The smallest absolute Gasteiger partial charge is 0.415 e. The van der Waals surface area contributed by atoms with Crippen molar-refractivity contribution >= 4 is 11.8 Å². The molecule has 1 aromatic rings. The van der Waals surface area contributed by atoms with Gasteiger partial charge in [-0.15, -0.1) is 0 Å². The van der Waals surface area contributed by atoms with Crippen LogP contribution in [0.5, 0.6) is 5.75 Å². The van der Waals surface area contributed by atoms with Crippen LogP contribution in [-0.2, 0) is 4.74 Å². The molecule has 1 amide bonds. The fourth-order valence-electron chi connectivity index (χ4n) is 2.18. The molecule has 0 fully saturated rings. The fraction of sp³-hybridized carbons (Fsp3) is 0.533. The molecule has 1 aliphatic heterocycles. The Hall–Kier alpha value is -1.82. The van der Waals surface area contributed by atoms with E-state index in [1.165, 1.54) is 23.1 Å². The zero-order valence-electron chi connectivity index (χ0n) is 12.4. The molecule has 0 radical (unpaired) electrons. The molecule has 1 atom stereocenters. The molecule has 0 spiro atoms. The number of benzene rings is 1. The van der Waals surface area contributed by atoms with Gasteiger partial charge in [-0.1, -0.05) is 0 Å². The molecule has 21 heavy (non-hydrogen) atoms. The van der Waals surface area contributed by atoms with E-state index in [-0.39, 0.29) is 19.3 Å². The normalized spacial score (nSPS) is 18.0. The second-order valence-electron chi connectivity index (χ2n) is 5.94. The van der Waals surface area contributed by atoms with E-state index < -0.39 is 17.5 Å². The lowest BCUT2D eigenvalue weighted by Gasteiger charge is -2.37. The highest BCUT2D eigenvalue weighted by Gasteiger charge is 2.35. The highest BCUT2D eigenvalue weighted by molar-refractivity contribution is 5.91. The Balaban J connectivity index is 2.35. The number of fused-ring (bicyclic) bond motifs is 1. The maximum Gasteiger partial charge on any atom is 0.415 e. The van der Waals surface area contributed by atoms with Crippen molar-refractivity contribution in [1.29, 1.82) is 0 Å². The van der Waals surface area contributed by atoms with Crippen molar-refractivity contribution in [3.63, 3.8) is 0 Å². The number of amides is 1. The van der Waals surface area contributed by atoms with Gasteiger partial charge in [0.25, 0.3) is 0 Å². The van der Waals surface area contributed by atoms with Crippen molar-refractivity contribution in [2.45, 2.75) is 38.8 Å². The van der Waals surface area contributed by atoms with Crippen molar-refractivity contribution in [2.75, 3.05) is 18.1 Å². The number of anilines is 1. The molecular weight excluding hydrogens is 277 g/mol. The fourth-order valence-corrected chi connectivity index (χ4v) is 2.18. The Morgan fingerprint density at radius 2 is 2.24 bits per heavy atom. The van der Waals surface area contributed by atoms with E-state index in [4.69, 9.17) is 14.6 Å². The average molecular weight is 297 g/mol. The Kier molecular flexibility index (Phi) is 4.37. The number of ether oxygens (including phenoxy) is 2. The molecule has 2 rings (SSSR count). The summed E-state index contributed by atoms with van der Waals surface area (Å²) in [6, 6.07) is 3.64. The topological polar surface area (TPSA) is 59.0 Å². The quantitative estimate of drug-likeness (QED) is 0.912. The zero-order chi connectivity index (χ0) is 15.6. The zero-order valence-corrected chi connectivity index (χ0v) is 12.4. The summed E-state index contributed by atoms with van der Waals surface area (Å²) in [7, 11) is 0. The summed E-state index contributed by atoms with van der Waals surface area (Å²) < 4.78 is 24.2. The lowest BCUT2D eigenvalue weighted by atomic mass is 10.1. The van der Waals surface area contributed by atoms with Crippen LogP contribution in [0.3, 0.4) is 0 Å². The molecule has 116 valence electrons. The molecule has 0 saturated carbocycles. The number of halogens is 1. The van der Waals surface area contributed by atoms with Gasteiger partial charge in [-0.05, 0) is 39.3 Å². The molecule has 0 aromatic heterocycles. The van der Waals surface area contributed by atoms with Crippen molar-refractivity contribution in [1.82, 2.24) is 0 Å². The predicted octanol–water partition coefficient (Wildman–Crippen LogP) is 2.71. The first-order valence-electron chi connectivity index (χ1n) is 6.87. The van der Waals surface area contributed by atoms with Crippen molar-refractivity contribution in [3.05, 3.63) is 24.0 Å². The van der Waals surface area contributed by atoms with Gasteiger partial charge < -0.3 is 14.6 Å². The lowest BCUT2D eigenvalue weighted by Crippen LogP contribution is -2.49. The Morgan fingerprint density at radius 1 is 1.52 bits per heavy atom. The van der Waals surface area contributed by atoms with Gasteiger partial charge in [-0.3, -0.25) is 4.90 Å². The van der Waals surface area contributed by atoms with E-state index in [9.17, 15) is 9.18 Å². The number of aliphatic hydroxyl groups is 1. The van der Waals surface area contributed by atoms with Crippen LogP contribution in [0.15, 0.2) is 18.2 Å². The molecule has 0 bridgehead atoms. The number of hydrogen-bond acceptors (Lipinski definition) is 4. The van der Waals surface area contributed by atoms with Crippen LogP contribution in [0.25, 0.3) is 0 Å². The SMILES string of the molecule is CC(C)(C)OC(=O)N1c2ccc(F)cc2OC[C@@H]1CCO. The van der Waals surface area contributed by atoms with E-state index in [1.54, 1.807) is 20.8 Å². The Bertz CT molecular complexity index is 527. The molecule has 0 saturated heterocycles. The van der Waals surface area contributed by atoms with Gasteiger partial charge in [0, 0.05) is 12.7 Å². The summed E-state index contributed by atoms with van der Waals surface area (Å²) in [6.07, 6.45) is -0.173. The maximum atomic E-state index is 13.3. The highest BCUT2D eigenvalue weighted by atomic mass is 19.1. The van der Waals surface area contributed by atoms with Crippen LogP contribution in [0.1, 0.15) is 27.2 Å². The molecule has 1 aromatic carbocycles. The van der Waals surface area contributed by atoms with Gasteiger partial charge in [-0.25, -0.2) is 9.18 Å². The van der Waals surface area contributed by atoms with Crippen LogP contribution in [-0.4, -0.2) is 36.1 Å². The lowest BCUT2D eigenvalue weighted by molar-refractivity contribution is 0.0535. The van der Waals surface area contributed by atoms with Crippen LogP contribution in [0, 0.1) is 5.82 Å². The molecule has 1 N–H and O–H groups in total. The van der Waals surface area contributed by atoms with Crippen molar-refractivity contribution in [2.24, 2.45) is 0 Å². The minimum Gasteiger partial charge on any atom is -0.489 e. The first-order chi connectivity index (χ1) is 9.81. The minimum atomic E-state index is -0.640. The molecule has 6 heteroatoms. The first kappa shape index (κ1) is 15.6. The Morgan fingerprint density at radius 3 is 2.86 bits per heavy atom. The standard InChI is InChI=1S/C15H20FNO4/c1-15(2,3)21-14(19)17-11(6-7-18)9-20-13-8-10(16)4-5-12(13)17/h4-5,8,11,18H,6-7,9H2,1-3H3/t11-/m0/s1. The van der Waals surface area contributed by atoms with E-state index in [0.29, 0.717) is 17.9 Å². The summed E-state index contributed by atoms with van der Waals surface area (Å²) in [5, 5.41) is 9.15. The van der Waals surface area contributed by atoms with Crippen LogP contribution < -0.4 is 9.64 Å². The maximum absolute atomic E-state index is 13.3. The van der Waals surface area contributed by atoms with E-state index in [0.717, 1.165) is 0 Å². The molecular formula is C15H20FNO4. The number of carbonyl (C=O) groups excluding carboxylic acids is 1. The van der Waals surface area contributed by atoms with Crippen LogP contribution >= 0.6 is 0 Å². The third-order valence-electron chi connectivity index (χ3n) is 3.03. The van der Waals surface area contributed by atoms with Crippen LogP contribution in [0.2, 0.25) is 0 Å². The number of nitrogens with zero attached hydrogens (tertiary/aromatic N) is 1. The van der Waals surface area contributed by atoms with E-state index in [2.05, 4.69) is 0 Å². The summed E-state index contributed by atoms with van der Waals surface area (Å²) in [5.41, 5.74) is -0.186. The third kappa shape index (κ3) is 3.64. The third-order valence-corrected chi connectivity index (χ3v) is 3.03. The number of carbonyl (C=O) groups is 1. The van der Waals surface area contributed by atoms with Gasteiger partial charge in [0.15, 0.2) is 0 Å². The Labute approximate surface area is 123 Å². The number of aliphatic hydroxyl groups excluding tert-OH is 1. The van der Waals surface area contributed by atoms with Crippen molar-refractivity contribution < 1.29 is 23.8 Å². The summed E-state index contributed by atoms with van der Waals surface area (Å²) in [5.74, 6) is -0.131. The number of hydrogen-bond donors (Lipinski definition) is 1. The molecule has 0 aliphatic carbocycles.